The van der Waals surface area contributed by atoms with E-state index in [0.29, 0.717) is 6.04 Å². The van der Waals surface area contributed by atoms with Gasteiger partial charge in [0.25, 0.3) is 0 Å². The first-order chi connectivity index (χ1) is 10.1. The van der Waals surface area contributed by atoms with Gasteiger partial charge in [-0.3, -0.25) is 4.79 Å². The third-order valence-corrected chi connectivity index (χ3v) is 4.42. The molecule has 2 unspecified atom stereocenters. The Bertz CT molecular complexity index is 511. The molecule has 1 heterocycles. The maximum Gasteiger partial charge on any atom is 0.248 e. The van der Waals surface area contributed by atoms with Gasteiger partial charge in [0.05, 0.1) is 6.10 Å². The van der Waals surface area contributed by atoms with Gasteiger partial charge in [-0.2, -0.15) is 0 Å². The molecule has 0 bridgehead atoms. The number of likely N-dealkylation sites (N-methyl/N-ethyl adjacent to an activating group) is 1. The number of hydrogen-bond donors (Lipinski definition) is 1. The van der Waals surface area contributed by atoms with E-state index in [4.69, 9.17) is 4.74 Å². The van der Waals surface area contributed by atoms with Crippen LogP contribution in [0.25, 0.3) is 0 Å². The van der Waals surface area contributed by atoms with Crippen LogP contribution >= 0.6 is 0 Å². The first-order valence-corrected chi connectivity index (χ1v) is 7.79. The Morgan fingerprint density at radius 1 is 1.29 bits per heavy atom. The van der Waals surface area contributed by atoms with Crippen molar-refractivity contribution in [3.8, 4) is 0 Å². The first kappa shape index (κ1) is 14.5. The summed E-state index contributed by atoms with van der Waals surface area (Å²) in [5, 5.41) is 3.55. The predicted molar refractivity (Wildman–Crippen MR) is 82.2 cm³/mol. The topological polar surface area (TPSA) is 41.6 Å². The zero-order valence-corrected chi connectivity index (χ0v) is 12.8. The lowest BCUT2D eigenvalue weighted by molar-refractivity contribution is -0.135. The molecule has 3 rings (SSSR count). The second-order valence-electron chi connectivity index (χ2n) is 6.32. The van der Waals surface area contributed by atoms with Crippen LogP contribution in [-0.2, 0) is 9.53 Å². The van der Waals surface area contributed by atoms with E-state index in [1.54, 1.807) is 19.0 Å². The molecule has 0 radical (unpaired) electrons. The Morgan fingerprint density at radius 2 is 2.00 bits per heavy atom. The van der Waals surface area contributed by atoms with Gasteiger partial charge < -0.3 is 15.0 Å². The van der Waals surface area contributed by atoms with E-state index in [1.165, 1.54) is 24.0 Å². The summed E-state index contributed by atoms with van der Waals surface area (Å²) in [5.41, 5.74) is 2.92. The van der Waals surface area contributed by atoms with E-state index in [-0.39, 0.29) is 18.6 Å². The van der Waals surface area contributed by atoms with Gasteiger partial charge in [-0.25, -0.2) is 0 Å². The molecule has 2 atom stereocenters. The summed E-state index contributed by atoms with van der Waals surface area (Å²) in [6.45, 7) is 1.00. The van der Waals surface area contributed by atoms with Crippen molar-refractivity contribution in [3.05, 3.63) is 35.4 Å². The highest BCUT2D eigenvalue weighted by Crippen LogP contribution is 2.44. The summed E-state index contributed by atoms with van der Waals surface area (Å²) >= 11 is 0. The molecule has 4 nitrogen and oxygen atoms in total. The summed E-state index contributed by atoms with van der Waals surface area (Å²) in [7, 11) is 3.51. The Kier molecular flexibility index (Phi) is 4.27. The zero-order chi connectivity index (χ0) is 14.8. The van der Waals surface area contributed by atoms with Crippen LogP contribution in [0.5, 0.6) is 0 Å². The molecule has 1 saturated carbocycles. The number of amides is 1. The number of nitrogens with one attached hydrogen (secondary N) is 1. The normalized spacial score (nSPS) is 25.0. The number of rotatable bonds is 5. The van der Waals surface area contributed by atoms with Gasteiger partial charge in [-0.15, -0.1) is 0 Å². The average molecular weight is 288 g/mol. The van der Waals surface area contributed by atoms with Gasteiger partial charge in [-0.1, -0.05) is 24.3 Å². The summed E-state index contributed by atoms with van der Waals surface area (Å²) in [4.78, 5) is 13.2. The van der Waals surface area contributed by atoms with Crippen LogP contribution < -0.4 is 5.32 Å². The first-order valence-electron chi connectivity index (χ1n) is 7.79. The lowest BCUT2D eigenvalue weighted by Gasteiger charge is -2.16. The van der Waals surface area contributed by atoms with Gasteiger partial charge in [0.1, 0.15) is 6.61 Å². The van der Waals surface area contributed by atoms with Crippen molar-refractivity contribution in [1.82, 2.24) is 10.2 Å². The Morgan fingerprint density at radius 3 is 2.67 bits per heavy atom. The fourth-order valence-corrected chi connectivity index (χ4v) is 2.98. The molecule has 1 aliphatic carbocycles. The van der Waals surface area contributed by atoms with Crippen molar-refractivity contribution in [2.75, 3.05) is 27.2 Å². The highest BCUT2D eigenvalue weighted by atomic mass is 16.5. The number of benzene rings is 1. The number of nitrogens with zero attached hydrogens (tertiary/aromatic N) is 1. The molecule has 1 aliphatic heterocycles. The Hall–Kier alpha value is -1.39. The van der Waals surface area contributed by atoms with Crippen molar-refractivity contribution in [2.45, 2.75) is 37.3 Å². The fraction of sp³-hybridized carbons (Fsp3) is 0.588. The van der Waals surface area contributed by atoms with E-state index in [0.717, 1.165) is 18.9 Å². The van der Waals surface area contributed by atoms with Gasteiger partial charge in [0.2, 0.25) is 5.91 Å². The highest BCUT2D eigenvalue weighted by Gasteiger charge is 2.32. The van der Waals surface area contributed by atoms with Crippen molar-refractivity contribution in [3.63, 3.8) is 0 Å². The lowest BCUT2D eigenvalue weighted by Crippen LogP contribution is -2.29. The highest BCUT2D eigenvalue weighted by molar-refractivity contribution is 5.76. The quantitative estimate of drug-likeness (QED) is 0.902. The van der Waals surface area contributed by atoms with E-state index < -0.39 is 0 Å². The van der Waals surface area contributed by atoms with E-state index >= 15 is 0 Å². The number of ether oxygens (including phenoxy) is 1. The molecule has 1 amide bonds. The molecule has 4 heteroatoms. The molecule has 0 spiro atoms. The third-order valence-electron chi connectivity index (χ3n) is 4.42. The monoisotopic (exact) mass is 288 g/mol. The largest absolute Gasteiger partial charge is 0.367 e. The van der Waals surface area contributed by atoms with E-state index in [1.807, 2.05) is 0 Å². The molecule has 114 valence electrons. The Balaban J connectivity index is 1.58. The van der Waals surface area contributed by atoms with Gasteiger partial charge >= 0.3 is 0 Å². The zero-order valence-electron chi connectivity index (χ0n) is 12.8. The van der Waals surface area contributed by atoms with E-state index in [2.05, 4.69) is 29.6 Å². The van der Waals surface area contributed by atoms with Crippen LogP contribution in [0.1, 0.15) is 42.3 Å². The third kappa shape index (κ3) is 3.44. The SMILES string of the molecule is CN(C)C(=O)COC1CNC(c2ccccc2C2CC2)C1. The van der Waals surface area contributed by atoms with Crippen LogP contribution in [0.15, 0.2) is 24.3 Å². The van der Waals surface area contributed by atoms with Gasteiger partial charge in [0, 0.05) is 26.7 Å². The van der Waals surface area contributed by atoms with Crippen molar-refractivity contribution < 1.29 is 9.53 Å². The molecule has 21 heavy (non-hydrogen) atoms. The van der Waals surface area contributed by atoms with Crippen molar-refractivity contribution in [2.24, 2.45) is 0 Å². The molecular formula is C17H24N2O2. The molecule has 1 aromatic rings. The summed E-state index contributed by atoms with van der Waals surface area (Å²) in [6.07, 6.45) is 3.72. The van der Waals surface area contributed by atoms with Crippen LogP contribution in [0.4, 0.5) is 0 Å². The van der Waals surface area contributed by atoms with Crippen molar-refractivity contribution in [1.29, 1.82) is 0 Å². The molecule has 1 N–H and O–H groups in total. The van der Waals surface area contributed by atoms with Crippen LogP contribution in [0.3, 0.4) is 0 Å². The number of carbonyl (C=O) groups is 1. The maximum atomic E-state index is 11.6. The second-order valence-corrected chi connectivity index (χ2v) is 6.32. The average Bonchev–Trinajstić information content (AvgIpc) is 3.23. The molecular weight excluding hydrogens is 264 g/mol. The summed E-state index contributed by atoms with van der Waals surface area (Å²) in [5.74, 6) is 0.787. The summed E-state index contributed by atoms with van der Waals surface area (Å²) < 4.78 is 5.74. The summed E-state index contributed by atoms with van der Waals surface area (Å²) in [6, 6.07) is 9.11. The second kappa shape index (κ2) is 6.16. The van der Waals surface area contributed by atoms with Crippen LogP contribution in [0.2, 0.25) is 0 Å². The van der Waals surface area contributed by atoms with Crippen molar-refractivity contribution >= 4 is 5.91 Å². The predicted octanol–water partition coefficient (Wildman–Crippen LogP) is 2.07. The lowest BCUT2D eigenvalue weighted by atomic mass is 9.96. The minimum absolute atomic E-state index is 0.0248. The molecule has 2 aliphatic rings. The molecule has 0 aromatic heterocycles. The number of hydrogen-bond acceptors (Lipinski definition) is 3. The standard InChI is InChI=1S/C17H24N2O2/c1-19(2)17(20)11-21-13-9-16(18-10-13)15-6-4-3-5-14(15)12-7-8-12/h3-6,12-13,16,18H,7-11H2,1-2H3. The minimum atomic E-state index is 0.0248. The molecule has 1 saturated heterocycles. The smallest absolute Gasteiger partial charge is 0.248 e. The van der Waals surface area contributed by atoms with Gasteiger partial charge in [-0.05, 0) is 36.3 Å². The van der Waals surface area contributed by atoms with E-state index in [9.17, 15) is 4.79 Å². The number of carbonyl (C=O) groups excluding carboxylic acids is 1. The van der Waals surface area contributed by atoms with Crippen LogP contribution in [-0.4, -0.2) is 44.2 Å². The minimum Gasteiger partial charge on any atom is -0.367 e. The van der Waals surface area contributed by atoms with Crippen LogP contribution in [0, 0.1) is 0 Å². The molecule has 2 fully saturated rings. The Labute approximate surface area is 126 Å². The molecule has 1 aromatic carbocycles. The fourth-order valence-electron chi connectivity index (χ4n) is 2.98. The maximum absolute atomic E-state index is 11.6. The van der Waals surface area contributed by atoms with Gasteiger partial charge in [0.15, 0.2) is 0 Å².